The van der Waals surface area contributed by atoms with Gasteiger partial charge < -0.3 is 10.2 Å². The van der Waals surface area contributed by atoms with E-state index >= 15 is 0 Å². The quantitative estimate of drug-likeness (QED) is 0.294. The third-order valence-electron chi connectivity index (χ3n) is 5.43. The highest BCUT2D eigenvalue weighted by Crippen LogP contribution is 2.30. The molecule has 0 unspecified atom stereocenters. The van der Waals surface area contributed by atoms with Crippen molar-refractivity contribution in [3.63, 3.8) is 0 Å². The van der Waals surface area contributed by atoms with Crippen LogP contribution in [0.2, 0.25) is 0 Å². The number of nitrogens with zero attached hydrogens (tertiary/aromatic N) is 4. The van der Waals surface area contributed by atoms with Gasteiger partial charge in [0.1, 0.15) is 6.04 Å². The Kier molecular flexibility index (Phi) is 5.35. The zero-order valence-electron chi connectivity index (χ0n) is 15.7. The van der Waals surface area contributed by atoms with E-state index in [2.05, 4.69) is 25.6 Å². The Bertz CT molecular complexity index is 937. The summed E-state index contributed by atoms with van der Waals surface area (Å²) in [4.78, 5) is 38.4. The van der Waals surface area contributed by atoms with E-state index in [4.69, 9.17) is 4.55 Å². The monoisotopic (exact) mass is 443 g/mol. The zero-order valence-corrected chi connectivity index (χ0v) is 16.5. The van der Waals surface area contributed by atoms with Crippen LogP contribution in [0.4, 0.5) is 4.79 Å². The molecule has 1 aromatic heterocycles. The summed E-state index contributed by atoms with van der Waals surface area (Å²) in [5.74, 6) is -1.03. The van der Waals surface area contributed by atoms with E-state index in [0.29, 0.717) is 24.4 Å². The molecule has 3 aliphatic rings. The first-order chi connectivity index (χ1) is 14.2. The third-order valence-corrected chi connectivity index (χ3v) is 5.78. The second-order valence-corrected chi connectivity index (χ2v) is 8.33. The fourth-order valence-corrected chi connectivity index (χ4v) is 4.40. The Labute approximate surface area is 171 Å². The van der Waals surface area contributed by atoms with Crippen molar-refractivity contribution < 1.29 is 31.6 Å². The fraction of sp³-hybridized carbons (Fsp3) is 0.600. The summed E-state index contributed by atoms with van der Waals surface area (Å²) in [5, 5.41) is 7.78. The highest BCUT2D eigenvalue weighted by Gasteiger charge is 2.49. The fourth-order valence-electron chi connectivity index (χ4n) is 4.01. The van der Waals surface area contributed by atoms with Gasteiger partial charge in [-0.3, -0.25) is 29.7 Å². The van der Waals surface area contributed by atoms with Gasteiger partial charge in [0.15, 0.2) is 0 Å². The maximum Gasteiger partial charge on any atom is 0.418 e. The van der Waals surface area contributed by atoms with Gasteiger partial charge >= 0.3 is 16.4 Å². The number of carbonyl (C=O) groups excluding carboxylic acids is 3. The standard InChI is InChI=1S/C15H21N7O7S/c23-13(11-6-10(7-16-11)21-5-1-4-17-21)18-19-14(24)12-3-2-9-8-20(12)15(25)22(9)29-30(26,27)28/h1,4-5,9-12,16H,2-3,6-8H2,(H,18,23)(H,19,24)(H,26,27,28)/t9-,10-,11-,12-/m1/s1. The average molecular weight is 443 g/mol. The smallest absolute Gasteiger partial charge is 0.309 e. The number of hydroxylamine groups is 2. The molecule has 0 aliphatic carbocycles. The van der Waals surface area contributed by atoms with Gasteiger partial charge in [0.2, 0.25) is 0 Å². The van der Waals surface area contributed by atoms with Crippen LogP contribution < -0.4 is 16.2 Å². The molecular formula is C15H21N7O7S. The van der Waals surface area contributed by atoms with E-state index in [1.807, 2.05) is 6.20 Å². The SMILES string of the molecule is O=C(NNC(=O)[C@H]1C[C@@H](n2cccn2)CN1)[C@H]1CC[C@@H]2CN1C(=O)N2OS(=O)(=O)O. The van der Waals surface area contributed by atoms with E-state index in [-0.39, 0.29) is 19.0 Å². The molecule has 14 nitrogen and oxygen atoms in total. The predicted octanol–water partition coefficient (Wildman–Crippen LogP) is -2.06. The van der Waals surface area contributed by atoms with E-state index < -0.39 is 46.4 Å². The predicted molar refractivity (Wildman–Crippen MR) is 97.3 cm³/mol. The molecule has 4 atom stereocenters. The number of carbonyl (C=O) groups is 3. The molecule has 3 saturated heterocycles. The summed E-state index contributed by atoms with van der Waals surface area (Å²) in [5.41, 5.74) is 4.68. The van der Waals surface area contributed by atoms with Crippen LogP contribution in [0.15, 0.2) is 18.5 Å². The van der Waals surface area contributed by atoms with Gasteiger partial charge in [-0.2, -0.15) is 18.6 Å². The number of hydrazine groups is 1. The van der Waals surface area contributed by atoms with Crippen LogP contribution in [0.5, 0.6) is 0 Å². The number of piperidine rings is 1. The molecule has 30 heavy (non-hydrogen) atoms. The lowest BCUT2D eigenvalue weighted by molar-refractivity contribution is -0.132. The molecule has 164 valence electrons. The van der Waals surface area contributed by atoms with Gasteiger partial charge in [0.05, 0.1) is 18.1 Å². The van der Waals surface area contributed by atoms with Gasteiger partial charge in [-0.1, -0.05) is 0 Å². The molecule has 2 bridgehead atoms. The van der Waals surface area contributed by atoms with Gasteiger partial charge in [-0.15, -0.1) is 4.28 Å². The van der Waals surface area contributed by atoms with Crippen LogP contribution in [0.1, 0.15) is 25.3 Å². The van der Waals surface area contributed by atoms with Crippen LogP contribution in [-0.4, -0.2) is 81.8 Å². The molecule has 4 rings (SSSR count). The van der Waals surface area contributed by atoms with Crippen molar-refractivity contribution in [2.24, 2.45) is 0 Å². The second kappa shape index (κ2) is 7.82. The van der Waals surface area contributed by atoms with Crippen molar-refractivity contribution in [2.45, 2.75) is 43.4 Å². The second-order valence-electron chi connectivity index (χ2n) is 7.32. The highest BCUT2D eigenvalue weighted by molar-refractivity contribution is 7.80. The Morgan fingerprint density at radius 3 is 2.70 bits per heavy atom. The van der Waals surface area contributed by atoms with Crippen LogP contribution in [-0.2, 0) is 24.3 Å². The largest absolute Gasteiger partial charge is 0.418 e. The number of aromatic nitrogens is 2. The molecule has 3 fully saturated rings. The number of hydrogen-bond acceptors (Lipinski definition) is 8. The zero-order chi connectivity index (χ0) is 21.5. The van der Waals surface area contributed by atoms with E-state index in [9.17, 15) is 22.8 Å². The Morgan fingerprint density at radius 1 is 1.23 bits per heavy atom. The van der Waals surface area contributed by atoms with Crippen molar-refractivity contribution in [3.05, 3.63) is 18.5 Å². The lowest BCUT2D eigenvalue weighted by Gasteiger charge is -2.29. The minimum Gasteiger partial charge on any atom is -0.309 e. The molecule has 4 heterocycles. The summed E-state index contributed by atoms with van der Waals surface area (Å²) >= 11 is 0. The van der Waals surface area contributed by atoms with Gasteiger partial charge in [-0.25, -0.2) is 4.79 Å². The van der Waals surface area contributed by atoms with E-state index in [1.165, 1.54) is 0 Å². The van der Waals surface area contributed by atoms with Crippen LogP contribution in [0.3, 0.4) is 0 Å². The first kappa shape index (κ1) is 20.5. The number of rotatable bonds is 5. The summed E-state index contributed by atoms with van der Waals surface area (Å²) in [7, 11) is -4.86. The highest BCUT2D eigenvalue weighted by atomic mass is 32.3. The van der Waals surface area contributed by atoms with Crippen molar-refractivity contribution in [2.75, 3.05) is 13.1 Å². The summed E-state index contributed by atoms with van der Waals surface area (Å²) in [6.45, 7) is 0.625. The molecule has 15 heteroatoms. The molecular weight excluding hydrogens is 422 g/mol. The number of fused-ring (bicyclic) bond motifs is 2. The van der Waals surface area contributed by atoms with Crippen molar-refractivity contribution in [1.82, 2.24) is 35.9 Å². The van der Waals surface area contributed by atoms with Gasteiger partial charge in [0, 0.05) is 25.5 Å². The number of nitrogens with one attached hydrogen (secondary N) is 3. The lowest BCUT2D eigenvalue weighted by atomic mass is 10.0. The van der Waals surface area contributed by atoms with Crippen LogP contribution in [0, 0.1) is 0 Å². The number of hydrogen-bond donors (Lipinski definition) is 4. The topological polar surface area (TPSA) is 175 Å². The third kappa shape index (κ3) is 4.09. The Morgan fingerprint density at radius 2 is 2.00 bits per heavy atom. The minimum atomic E-state index is -4.86. The normalized spacial score (nSPS) is 28.6. The van der Waals surface area contributed by atoms with Crippen molar-refractivity contribution in [3.8, 4) is 0 Å². The van der Waals surface area contributed by atoms with Gasteiger partial charge in [-0.05, 0) is 25.3 Å². The first-order valence-corrected chi connectivity index (χ1v) is 10.7. The molecule has 0 spiro atoms. The molecule has 0 aromatic carbocycles. The maximum absolute atomic E-state index is 12.5. The summed E-state index contributed by atoms with van der Waals surface area (Å²) in [6, 6.07) is -1.04. The Hall–Kier alpha value is -2.75. The first-order valence-electron chi connectivity index (χ1n) is 9.32. The van der Waals surface area contributed by atoms with E-state index in [0.717, 1.165) is 4.90 Å². The minimum absolute atomic E-state index is 0.0257. The van der Waals surface area contributed by atoms with E-state index in [1.54, 1.807) is 16.9 Å². The molecule has 0 radical (unpaired) electrons. The molecule has 4 amide bonds. The maximum atomic E-state index is 12.5. The number of amides is 4. The molecule has 4 N–H and O–H groups in total. The summed E-state index contributed by atoms with van der Waals surface area (Å²) < 4.78 is 36.7. The van der Waals surface area contributed by atoms with Crippen molar-refractivity contribution >= 4 is 28.2 Å². The average Bonchev–Trinajstić information content (AvgIpc) is 3.43. The number of urea groups is 1. The molecule has 3 aliphatic heterocycles. The Balaban J connectivity index is 1.29. The van der Waals surface area contributed by atoms with Crippen LogP contribution >= 0.6 is 0 Å². The van der Waals surface area contributed by atoms with Crippen LogP contribution in [0.25, 0.3) is 0 Å². The van der Waals surface area contributed by atoms with Gasteiger partial charge in [0.25, 0.3) is 11.8 Å². The summed E-state index contributed by atoms with van der Waals surface area (Å²) in [6.07, 6.45) is 4.50. The van der Waals surface area contributed by atoms with Crippen molar-refractivity contribution in [1.29, 1.82) is 0 Å². The molecule has 0 saturated carbocycles. The lowest BCUT2D eigenvalue weighted by Crippen LogP contribution is -2.56. The molecule has 1 aromatic rings.